The molecule has 0 unspecified atom stereocenters. The molecule has 1 aromatic rings. The van der Waals surface area contributed by atoms with Gasteiger partial charge in [0, 0.05) is 6.04 Å². The van der Waals surface area contributed by atoms with Gasteiger partial charge in [0.05, 0.1) is 12.0 Å². The SMILES string of the molecule is CC(C)OC(=O)[C@@H](C)C[C@@H](c1ccccc1)[C@@H](C)N. The lowest BCUT2D eigenvalue weighted by molar-refractivity contribution is -0.152. The first kappa shape index (κ1) is 15.7. The fraction of sp³-hybridized carbons (Fsp3) is 0.562. The molecule has 1 aromatic carbocycles. The molecule has 0 aliphatic heterocycles. The van der Waals surface area contributed by atoms with Crippen LogP contribution in [-0.4, -0.2) is 18.1 Å². The molecule has 0 fully saturated rings. The molecule has 0 bridgehead atoms. The predicted octanol–water partition coefficient (Wildman–Crippen LogP) is 3.10. The Morgan fingerprint density at radius 2 is 1.74 bits per heavy atom. The Morgan fingerprint density at radius 1 is 1.16 bits per heavy atom. The van der Waals surface area contributed by atoms with E-state index in [0.717, 1.165) is 0 Å². The van der Waals surface area contributed by atoms with Gasteiger partial charge in [-0.3, -0.25) is 4.79 Å². The summed E-state index contributed by atoms with van der Waals surface area (Å²) >= 11 is 0. The number of esters is 1. The summed E-state index contributed by atoms with van der Waals surface area (Å²) in [6.45, 7) is 7.62. The van der Waals surface area contributed by atoms with Gasteiger partial charge in [-0.15, -0.1) is 0 Å². The number of carbonyl (C=O) groups is 1. The minimum atomic E-state index is -0.142. The van der Waals surface area contributed by atoms with Gasteiger partial charge in [-0.2, -0.15) is 0 Å². The fourth-order valence-corrected chi connectivity index (χ4v) is 2.18. The number of nitrogens with two attached hydrogens (primary N) is 1. The number of carbonyl (C=O) groups excluding carboxylic acids is 1. The van der Waals surface area contributed by atoms with Crippen molar-refractivity contribution >= 4 is 5.97 Å². The van der Waals surface area contributed by atoms with Crippen molar-refractivity contribution in [3.63, 3.8) is 0 Å². The molecule has 0 saturated heterocycles. The third kappa shape index (κ3) is 5.03. The van der Waals surface area contributed by atoms with Crippen LogP contribution in [0.1, 0.15) is 45.6 Å². The molecule has 0 saturated carbocycles. The lowest BCUT2D eigenvalue weighted by atomic mass is 9.85. The van der Waals surface area contributed by atoms with Crippen LogP contribution >= 0.6 is 0 Å². The van der Waals surface area contributed by atoms with E-state index in [1.807, 2.05) is 45.9 Å². The summed E-state index contributed by atoms with van der Waals surface area (Å²) in [5.74, 6) is -0.105. The second-order valence-corrected chi connectivity index (χ2v) is 5.50. The van der Waals surface area contributed by atoms with Crippen LogP contribution in [0.15, 0.2) is 30.3 Å². The summed E-state index contributed by atoms with van der Waals surface area (Å²) in [4.78, 5) is 11.9. The van der Waals surface area contributed by atoms with E-state index in [9.17, 15) is 4.79 Å². The molecule has 0 amide bonds. The van der Waals surface area contributed by atoms with Gasteiger partial charge in [-0.25, -0.2) is 0 Å². The largest absolute Gasteiger partial charge is 0.463 e. The third-order valence-electron chi connectivity index (χ3n) is 3.22. The third-order valence-corrected chi connectivity index (χ3v) is 3.22. The first-order valence-electron chi connectivity index (χ1n) is 6.92. The molecule has 2 N–H and O–H groups in total. The van der Waals surface area contributed by atoms with Crippen LogP contribution in [0.3, 0.4) is 0 Å². The molecule has 3 atom stereocenters. The second-order valence-electron chi connectivity index (χ2n) is 5.50. The molecule has 0 aromatic heterocycles. The quantitative estimate of drug-likeness (QED) is 0.802. The molecule has 3 heteroatoms. The van der Waals surface area contributed by atoms with Crippen LogP contribution in [0.4, 0.5) is 0 Å². The summed E-state index contributed by atoms with van der Waals surface area (Å²) in [7, 11) is 0. The van der Waals surface area contributed by atoms with Crippen molar-refractivity contribution in [2.24, 2.45) is 11.7 Å². The minimum Gasteiger partial charge on any atom is -0.463 e. The highest BCUT2D eigenvalue weighted by Crippen LogP contribution is 2.27. The number of benzene rings is 1. The first-order chi connectivity index (χ1) is 8.91. The van der Waals surface area contributed by atoms with Gasteiger partial charge in [0.25, 0.3) is 0 Å². The number of hydrogen-bond donors (Lipinski definition) is 1. The van der Waals surface area contributed by atoms with Gasteiger partial charge < -0.3 is 10.5 Å². The van der Waals surface area contributed by atoms with E-state index in [2.05, 4.69) is 12.1 Å². The van der Waals surface area contributed by atoms with Crippen molar-refractivity contribution in [1.29, 1.82) is 0 Å². The molecule has 3 nitrogen and oxygen atoms in total. The Balaban J connectivity index is 2.72. The molecule has 0 aliphatic rings. The highest BCUT2D eigenvalue weighted by molar-refractivity contribution is 5.72. The van der Waals surface area contributed by atoms with E-state index in [-0.39, 0.29) is 30.0 Å². The average molecular weight is 263 g/mol. The number of rotatable bonds is 6. The fourth-order valence-electron chi connectivity index (χ4n) is 2.18. The van der Waals surface area contributed by atoms with Crippen molar-refractivity contribution in [1.82, 2.24) is 0 Å². The van der Waals surface area contributed by atoms with Crippen LogP contribution in [0.25, 0.3) is 0 Å². The second kappa shape index (κ2) is 7.29. The van der Waals surface area contributed by atoms with E-state index >= 15 is 0 Å². The number of hydrogen-bond acceptors (Lipinski definition) is 3. The molecule has 0 aliphatic carbocycles. The molecule has 0 radical (unpaired) electrons. The molecule has 19 heavy (non-hydrogen) atoms. The van der Waals surface area contributed by atoms with E-state index in [1.54, 1.807) is 0 Å². The van der Waals surface area contributed by atoms with Gasteiger partial charge in [0.1, 0.15) is 0 Å². The zero-order valence-corrected chi connectivity index (χ0v) is 12.3. The molecule has 1 rings (SSSR count). The molecule has 0 heterocycles. The Hall–Kier alpha value is -1.35. The highest BCUT2D eigenvalue weighted by Gasteiger charge is 2.24. The van der Waals surface area contributed by atoms with Crippen molar-refractivity contribution in [2.45, 2.75) is 52.2 Å². The molecular weight excluding hydrogens is 238 g/mol. The number of ether oxygens (including phenoxy) is 1. The normalized spacial score (nSPS) is 15.9. The minimum absolute atomic E-state index is 0.0108. The summed E-state index contributed by atoms with van der Waals surface area (Å²) in [5.41, 5.74) is 7.25. The van der Waals surface area contributed by atoms with Crippen molar-refractivity contribution < 1.29 is 9.53 Å². The van der Waals surface area contributed by atoms with Crippen molar-refractivity contribution in [2.75, 3.05) is 0 Å². The van der Waals surface area contributed by atoms with Crippen molar-refractivity contribution in [3.8, 4) is 0 Å². The molecule has 106 valence electrons. The Labute approximate surface area is 116 Å². The van der Waals surface area contributed by atoms with Crippen molar-refractivity contribution in [3.05, 3.63) is 35.9 Å². The van der Waals surface area contributed by atoms with Crippen LogP contribution in [0, 0.1) is 5.92 Å². The zero-order valence-electron chi connectivity index (χ0n) is 12.3. The maximum atomic E-state index is 11.9. The van der Waals surface area contributed by atoms with Gasteiger partial charge >= 0.3 is 5.97 Å². The van der Waals surface area contributed by atoms with Crippen LogP contribution < -0.4 is 5.73 Å². The summed E-state index contributed by atoms with van der Waals surface area (Å²) in [5, 5.41) is 0. The Kier molecular flexibility index (Phi) is 6.03. The molecular formula is C16H25NO2. The van der Waals surface area contributed by atoms with Crippen LogP contribution in [-0.2, 0) is 9.53 Å². The maximum Gasteiger partial charge on any atom is 0.308 e. The first-order valence-corrected chi connectivity index (χ1v) is 6.92. The van der Waals surface area contributed by atoms with E-state index in [0.29, 0.717) is 6.42 Å². The Morgan fingerprint density at radius 3 is 2.21 bits per heavy atom. The Bertz CT molecular complexity index is 387. The predicted molar refractivity (Wildman–Crippen MR) is 77.8 cm³/mol. The topological polar surface area (TPSA) is 52.3 Å². The van der Waals surface area contributed by atoms with E-state index in [4.69, 9.17) is 10.5 Å². The van der Waals surface area contributed by atoms with Gasteiger partial charge in [0.2, 0.25) is 0 Å². The lowest BCUT2D eigenvalue weighted by Crippen LogP contribution is -2.29. The van der Waals surface area contributed by atoms with Gasteiger partial charge in [0.15, 0.2) is 0 Å². The van der Waals surface area contributed by atoms with Crippen LogP contribution in [0.5, 0.6) is 0 Å². The monoisotopic (exact) mass is 263 g/mol. The highest BCUT2D eigenvalue weighted by atomic mass is 16.5. The molecule has 0 spiro atoms. The zero-order chi connectivity index (χ0) is 14.4. The van der Waals surface area contributed by atoms with E-state index < -0.39 is 0 Å². The van der Waals surface area contributed by atoms with Gasteiger partial charge in [-0.05, 0) is 38.7 Å². The lowest BCUT2D eigenvalue weighted by Gasteiger charge is -2.24. The van der Waals surface area contributed by atoms with Crippen LogP contribution in [0.2, 0.25) is 0 Å². The summed E-state index contributed by atoms with van der Waals surface area (Å²) in [6.07, 6.45) is 0.646. The summed E-state index contributed by atoms with van der Waals surface area (Å²) in [6, 6.07) is 10.1. The van der Waals surface area contributed by atoms with Gasteiger partial charge in [-0.1, -0.05) is 37.3 Å². The smallest absolute Gasteiger partial charge is 0.308 e. The van der Waals surface area contributed by atoms with E-state index in [1.165, 1.54) is 5.56 Å². The summed E-state index contributed by atoms with van der Waals surface area (Å²) < 4.78 is 5.25. The maximum absolute atomic E-state index is 11.9. The standard InChI is InChI=1S/C16H25NO2/c1-11(2)19-16(18)12(3)10-15(13(4)17)14-8-6-5-7-9-14/h5-9,11-13,15H,10,17H2,1-4H3/t12-,13+,15+/m0/s1. The average Bonchev–Trinajstić information content (AvgIpc) is 2.35.